The third-order valence-electron chi connectivity index (χ3n) is 14.6. The summed E-state index contributed by atoms with van der Waals surface area (Å²) in [6, 6.07) is -2.37. The van der Waals surface area contributed by atoms with Crippen LogP contribution in [0.3, 0.4) is 0 Å². The summed E-state index contributed by atoms with van der Waals surface area (Å²) in [5.74, 6) is -6.53. The second-order valence-corrected chi connectivity index (χ2v) is 22.0. The minimum Gasteiger partial charge on any atom is -0.392 e. The third-order valence-corrected chi connectivity index (χ3v) is 14.6. The molecule has 7 N–H and O–H groups in total. The van der Waals surface area contributed by atoms with Crippen LogP contribution in [0.1, 0.15) is 157 Å². The van der Waals surface area contributed by atoms with Crippen molar-refractivity contribution in [2.24, 2.45) is 5.73 Å². The molecule has 0 aliphatic heterocycles. The molecule has 0 aromatic carbocycles. The van der Waals surface area contributed by atoms with E-state index in [0.717, 1.165) is 26.0 Å². The number of aliphatic hydroxyl groups excluding tert-OH is 4. The van der Waals surface area contributed by atoms with E-state index in [4.69, 9.17) is 5.73 Å². The molecule has 0 saturated carbocycles. The molecule has 476 valence electrons. The Labute approximate surface area is 490 Å². The SMILES string of the molecule is C.CC[C@@H](C)NCC(=O)N(CC(=O)N(CC(=O)N(CC(=O)N(CC(=O)N(CC(=O)N(CC(=O)N(CC(=O)N(CC(=O)N(CC(N)=O)[C@@H](C)CC)[C@H](C)CC)C[C@@H](C)O)C[C@H](C)O)[C@@H](C)CC)[C@H](C)CC)C[C@@H](C)O)C[C@H](C)O)[C@@H](C)CC. The number of nitrogens with zero attached hydrogens (tertiary/aromatic N) is 9. The molecule has 0 bridgehead atoms. The summed E-state index contributed by atoms with van der Waals surface area (Å²) in [6.45, 7) is 21.0. The lowest BCUT2D eigenvalue weighted by atomic mass is 10.1. The molecular formula is C57H109N11O14. The van der Waals surface area contributed by atoms with E-state index in [1.165, 1.54) is 52.2 Å². The Morgan fingerprint density at radius 2 is 0.537 bits per heavy atom. The van der Waals surface area contributed by atoms with Crippen molar-refractivity contribution in [2.75, 3.05) is 91.6 Å². The summed E-state index contributed by atoms with van der Waals surface area (Å²) in [7, 11) is 0. The zero-order valence-corrected chi connectivity index (χ0v) is 51.9. The number of rotatable bonds is 40. The van der Waals surface area contributed by atoms with Gasteiger partial charge >= 0.3 is 0 Å². The van der Waals surface area contributed by atoms with E-state index in [0.29, 0.717) is 32.1 Å². The first-order chi connectivity index (χ1) is 37.7. The van der Waals surface area contributed by atoms with Crippen molar-refractivity contribution >= 4 is 59.1 Å². The minimum absolute atomic E-state index is 0. The van der Waals surface area contributed by atoms with Gasteiger partial charge in [-0.15, -0.1) is 0 Å². The maximum absolute atomic E-state index is 14.5. The average molecular weight is 1170 g/mol. The van der Waals surface area contributed by atoms with Gasteiger partial charge in [0.15, 0.2) is 0 Å². The van der Waals surface area contributed by atoms with E-state index in [1.807, 2.05) is 27.7 Å². The zero-order valence-electron chi connectivity index (χ0n) is 51.9. The first kappa shape index (κ1) is 78.6. The second-order valence-electron chi connectivity index (χ2n) is 22.0. The van der Waals surface area contributed by atoms with Gasteiger partial charge in [0.25, 0.3) is 0 Å². The van der Waals surface area contributed by atoms with Crippen molar-refractivity contribution in [1.29, 1.82) is 0 Å². The molecule has 0 heterocycles. The predicted octanol–water partition coefficient (Wildman–Crippen LogP) is 0.469. The van der Waals surface area contributed by atoms with E-state index in [2.05, 4.69) is 5.32 Å². The molecule has 82 heavy (non-hydrogen) atoms. The van der Waals surface area contributed by atoms with Crippen molar-refractivity contribution in [3.05, 3.63) is 0 Å². The molecule has 10 atom stereocenters. The first-order valence-corrected chi connectivity index (χ1v) is 29.1. The normalized spacial score (nSPS) is 14.8. The van der Waals surface area contributed by atoms with E-state index in [-0.39, 0.29) is 77.3 Å². The van der Waals surface area contributed by atoms with Crippen LogP contribution in [0.25, 0.3) is 0 Å². The van der Waals surface area contributed by atoms with Gasteiger partial charge in [-0.05, 0) is 108 Å². The van der Waals surface area contributed by atoms with Crippen LogP contribution in [-0.4, -0.2) is 276 Å². The lowest BCUT2D eigenvalue weighted by Crippen LogP contribution is -2.56. The molecule has 0 aromatic rings. The molecule has 0 saturated heterocycles. The third kappa shape index (κ3) is 28.2. The lowest BCUT2D eigenvalue weighted by molar-refractivity contribution is -0.152. The molecule has 25 heteroatoms. The number of nitrogens with one attached hydrogen (secondary N) is 1. The van der Waals surface area contributed by atoms with Gasteiger partial charge in [0.05, 0.1) is 63.7 Å². The number of carbonyl (C=O) groups is 10. The summed E-state index contributed by atoms with van der Waals surface area (Å²) in [6.07, 6.45) is -1.60. The molecule has 0 unspecified atom stereocenters. The van der Waals surface area contributed by atoms with Crippen molar-refractivity contribution in [3.63, 3.8) is 0 Å². The monoisotopic (exact) mass is 1170 g/mol. The summed E-state index contributed by atoms with van der Waals surface area (Å²) >= 11 is 0. The Morgan fingerprint density at radius 3 is 0.768 bits per heavy atom. The van der Waals surface area contributed by atoms with Crippen LogP contribution < -0.4 is 11.1 Å². The van der Waals surface area contributed by atoms with E-state index in [9.17, 15) is 68.4 Å². The molecule has 0 spiro atoms. The quantitative estimate of drug-likeness (QED) is 0.0486. The Morgan fingerprint density at radius 1 is 0.329 bits per heavy atom. The van der Waals surface area contributed by atoms with Gasteiger partial charge in [0.1, 0.15) is 26.2 Å². The van der Waals surface area contributed by atoms with Crippen molar-refractivity contribution in [2.45, 2.75) is 217 Å². The smallest absolute Gasteiger partial charge is 0.242 e. The number of hydrogen-bond donors (Lipinski definition) is 6. The van der Waals surface area contributed by atoms with Crippen molar-refractivity contribution in [3.8, 4) is 0 Å². The number of carbonyl (C=O) groups excluding carboxylic acids is 10. The van der Waals surface area contributed by atoms with Crippen molar-refractivity contribution in [1.82, 2.24) is 49.4 Å². The molecule has 0 rings (SSSR count). The van der Waals surface area contributed by atoms with Gasteiger partial charge in [0, 0.05) is 62.4 Å². The fourth-order valence-electron chi connectivity index (χ4n) is 8.52. The minimum atomic E-state index is -1.17. The maximum Gasteiger partial charge on any atom is 0.242 e. The van der Waals surface area contributed by atoms with Gasteiger partial charge in [-0.1, -0.05) is 49.0 Å². The summed E-state index contributed by atoms with van der Waals surface area (Å²) in [5.41, 5.74) is 5.44. The van der Waals surface area contributed by atoms with Crippen LogP contribution in [0.5, 0.6) is 0 Å². The first-order valence-electron chi connectivity index (χ1n) is 29.1. The molecule has 25 nitrogen and oxygen atoms in total. The van der Waals surface area contributed by atoms with Crippen LogP contribution in [0.4, 0.5) is 0 Å². The average Bonchev–Trinajstić information content (AvgIpc) is 3.39. The van der Waals surface area contributed by atoms with Crippen LogP contribution in [-0.2, 0) is 47.9 Å². The summed E-state index contributed by atoms with van der Waals surface area (Å²) in [4.78, 5) is 149. The fraction of sp³-hybridized carbons (Fsp3) is 0.825. The number of primary amides is 1. The van der Waals surface area contributed by atoms with Gasteiger partial charge in [-0.3, -0.25) is 47.9 Å². The summed E-state index contributed by atoms with van der Waals surface area (Å²) < 4.78 is 0. The molecule has 0 aliphatic carbocycles. The Hall–Kier alpha value is -5.50. The van der Waals surface area contributed by atoms with Crippen LogP contribution in [0.15, 0.2) is 0 Å². The van der Waals surface area contributed by atoms with Gasteiger partial charge in [-0.25, -0.2) is 0 Å². The van der Waals surface area contributed by atoms with E-state index in [1.54, 1.807) is 55.4 Å². The lowest BCUT2D eigenvalue weighted by Gasteiger charge is -2.36. The molecular weight excluding hydrogens is 1060 g/mol. The van der Waals surface area contributed by atoms with Gasteiger partial charge in [0.2, 0.25) is 59.1 Å². The number of nitrogens with two attached hydrogens (primary N) is 1. The molecule has 0 radical (unpaired) electrons. The Bertz CT molecular complexity index is 2010. The topological polar surface area (TPSA) is 319 Å². The highest BCUT2D eigenvalue weighted by Crippen LogP contribution is 2.15. The highest BCUT2D eigenvalue weighted by molar-refractivity contribution is 5.94. The van der Waals surface area contributed by atoms with Gasteiger partial charge < -0.3 is 75.6 Å². The number of hydrogen-bond acceptors (Lipinski definition) is 15. The highest BCUT2D eigenvalue weighted by atomic mass is 16.3. The number of amides is 10. The molecule has 10 amide bonds. The Balaban J connectivity index is 0. The number of aliphatic hydroxyl groups is 4. The standard InChI is InChI=1S/C56H105N11O14.CH4/c1-17-37(7)58-23-48(73)64(39(9)19-3)33-51(76)59(24-43(13)68)29-49(74)62(27-46(16)71)32-54(79)67(42(12)22-6)36-56(81)65(40(10)20-4)34-52(77)60(25-44(14)69)30-50(75)61(26-45(15)70)31-53(78)66(41(11)21-5)35-55(80)63(28-47(57)72)38(8)18-2;/h37-46,58,68-71H,17-36H2,1-16H3,(H2,57,72);1H4/t37-,38+,39+,40+,41-,42-,43+,44+,45-,46-;/m1./s1. The van der Waals surface area contributed by atoms with Crippen LogP contribution in [0.2, 0.25) is 0 Å². The zero-order chi connectivity index (χ0) is 62.6. The van der Waals surface area contributed by atoms with Crippen molar-refractivity contribution < 1.29 is 68.4 Å². The molecule has 0 aliphatic rings. The fourth-order valence-corrected chi connectivity index (χ4v) is 8.52. The van der Waals surface area contributed by atoms with Crippen LogP contribution >= 0.6 is 0 Å². The largest absolute Gasteiger partial charge is 0.392 e. The van der Waals surface area contributed by atoms with Crippen LogP contribution in [0, 0.1) is 0 Å². The maximum atomic E-state index is 14.5. The highest BCUT2D eigenvalue weighted by Gasteiger charge is 2.35. The van der Waals surface area contributed by atoms with E-state index < -0.39 is 142 Å². The Kier molecular flexibility index (Phi) is 38.2. The van der Waals surface area contributed by atoms with E-state index >= 15 is 0 Å². The predicted molar refractivity (Wildman–Crippen MR) is 314 cm³/mol. The molecule has 0 aromatic heterocycles. The summed E-state index contributed by atoms with van der Waals surface area (Å²) in [5, 5.41) is 45.2. The molecule has 0 fully saturated rings. The van der Waals surface area contributed by atoms with Gasteiger partial charge in [-0.2, -0.15) is 0 Å². The second kappa shape index (κ2) is 39.9.